The van der Waals surface area contributed by atoms with Crippen molar-refractivity contribution in [3.05, 3.63) is 52.3 Å². The van der Waals surface area contributed by atoms with Crippen LogP contribution in [-0.4, -0.2) is 51.2 Å². The van der Waals surface area contributed by atoms with E-state index in [1.54, 1.807) is 12.0 Å². The number of nitrogens with zero attached hydrogens (tertiary/aromatic N) is 2. The van der Waals surface area contributed by atoms with Crippen molar-refractivity contribution in [3.8, 4) is 11.5 Å². The Kier molecular flexibility index (Phi) is 8.19. The molecule has 0 saturated carbocycles. The molecule has 1 aromatic heterocycles. The summed E-state index contributed by atoms with van der Waals surface area (Å²) in [6.07, 6.45) is 0.703. The van der Waals surface area contributed by atoms with E-state index in [-0.39, 0.29) is 26.4 Å². The van der Waals surface area contributed by atoms with Crippen LogP contribution >= 0.6 is 0 Å². The highest BCUT2D eigenvalue weighted by Crippen LogP contribution is 2.26. The third-order valence-electron chi connectivity index (χ3n) is 4.55. The number of benzene rings is 1. The van der Waals surface area contributed by atoms with E-state index in [4.69, 9.17) is 9.57 Å². The van der Waals surface area contributed by atoms with Crippen molar-refractivity contribution < 1.29 is 24.9 Å². The monoisotopic (exact) mass is 390 g/mol. The van der Waals surface area contributed by atoms with Gasteiger partial charge in [0.05, 0.1) is 25.5 Å². The minimum atomic E-state index is -0.812. The summed E-state index contributed by atoms with van der Waals surface area (Å²) in [4.78, 5) is 10.2. The van der Waals surface area contributed by atoms with Gasteiger partial charge in [0.15, 0.2) is 5.75 Å². The van der Waals surface area contributed by atoms with Gasteiger partial charge in [-0.25, -0.2) is 0 Å². The molecule has 2 aromatic rings. The lowest BCUT2D eigenvalue weighted by Crippen LogP contribution is -2.38. The second-order valence-electron chi connectivity index (χ2n) is 6.75. The minimum absolute atomic E-state index is 0.0109. The average Bonchev–Trinajstić information content (AvgIpc) is 2.68. The molecule has 28 heavy (non-hydrogen) atoms. The molecule has 7 heteroatoms. The van der Waals surface area contributed by atoms with E-state index in [0.29, 0.717) is 29.1 Å². The van der Waals surface area contributed by atoms with Crippen molar-refractivity contribution in [2.75, 3.05) is 19.7 Å². The number of aliphatic hydroxyl groups excluding tert-OH is 3. The Morgan fingerprint density at radius 1 is 1.07 bits per heavy atom. The van der Waals surface area contributed by atoms with Crippen LogP contribution in [0, 0.1) is 20.8 Å². The summed E-state index contributed by atoms with van der Waals surface area (Å²) >= 11 is 0. The molecule has 1 aromatic carbocycles. The summed E-state index contributed by atoms with van der Waals surface area (Å²) in [6.45, 7) is 8.01. The van der Waals surface area contributed by atoms with Crippen molar-refractivity contribution in [1.82, 2.24) is 10.0 Å². The Labute approximate surface area is 166 Å². The maximum absolute atomic E-state index is 10.4. The van der Waals surface area contributed by atoms with Crippen LogP contribution in [-0.2, 0) is 13.2 Å². The zero-order chi connectivity index (χ0) is 20.7. The highest BCUT2D eigenvalue weighted by Gasteiger charge is 2.18. The molecule has 0 aliphatic carbocycles. The van der Waals surface area contributed by atoms with Crippen LogP contribution in [0.1, 0.15) is 34.9 Å². The zero-order valence-corrected chi connectivity index (χ0v) is 17.0. The molecule has 3 N–H and O–H groups in total. The Balaban J connectivity index is 2.02. The molecule has 0 aliphatic heterocycles. The quantitative estimate of drug-likeness (QED) is 0.535. The lowest BCUT2D eigenvalue weighted by molar-refractivity contribution is -0.0869. The number of para-hydroxylation sites is 1. The average molecular weight is 390 g/mol. The van der Waals surface area contributed by atoms with E-state index in [1.807, 2.05) is 39.0 Å². The number of hydrogen-bond donors (Lipinski definition) is 3. The first-order valence-corrected chi connectivity index (χ1v) is 9.40. The molecule has 1 unspecified atom stereocenters. The molecule has 1 heterocycles. The van der Waals surface area contributed by atoms with Crippen molar-refractivity contribution in [2.45, 2.75) is 47.0 Å². The third-order valence-corrected chi connectivity index (χ3v) is 4.55. The molecule has 0 bridgehead atoms. The van der Waals surface area contributed by atoms with E-state index in [9.17, 15) is 15.3 Å². The molecule has 0 saturated heterocycles. The molecule has 1 atom stereocenters. The van der Waals surface area contributed by atoms with E-state index in [2.05, 4.69) is 4.98 Å². The maximum Gasteiger partial charge on any atom is 0.153 e. The summed E-state index contributed by atoms with van der Waals surface area (Å²) in [5.74, 6) is 1.18. The fraction of sp³-hybridized carbons (Fsp3) is 0.476. The fourth-order valence-electron chi connectivity index (χ4n) is 2.95. The minimum Gasteiger partial charge on any atom is -0.489 e. The third kappa shape index (κ3) is 5.42. The van der Waals surface area contributed by atoms with Crippen LogP contribution in [0.25, 0.3) is 0 Å². The molecule has 7 nitrogen and oxygen atoms in total. The fourth-order valence-corrected chi connectivity index (χ4v) is 2.95. The van der Waals surface area contributed by atoms with Crippen LogP contribution in [0.2, 0.25) is 0 Å². The highest BCUT2D eigenvalue weighted by molar-refractivity contribution is 5.41. The van der Waals surface area contributed by atoms with Gasteiger partial charge in [-0.05, 0) is 38.8 Å². The van der Waals surface area contributed by atoms with E-state index >= 15 is 0 Å². The number of aromatic nitrogens is 1. The van der Waals surface area contributed by atoms with Crippen molar-refractivity contribution in [1.29, 1.82) is 0 Å². The van der Waals surface area contributed by atoms with Gasteiger partial charge in [0.25, 0.3) is 0 Å². The van der Waals surface area contributed by atoms with E-state index in [0.717, 1.165) is 16.9 Å². The smallest absolute Gasteiger partial charge is 0.153 e. The van der Waals surface area contributed by atoms with Crippen molar-refractivity contribution in [2.24, 2.45) is 0 Å². The van der Waals surface area contributed by atoms with Gasteiger partial charge in [0, 0.05) is 23.9 Å². The van der Waals surface area contributed by atoms with Crippen molar-refractivity contribution in [3.63, 3.8) is 0 Å². The van der Waals surface area contributed by atoms with Gasteiger partial charge in [-0.3, -0.25) is 4.98 Å². The molecule has 0 fully saturated rings. The number of pyridine rings is 1. The van der Waals surface area contributed by atoms with Crippen LogP contribution in [0.15, 0.2) is 24.4 Å². The number of likely N-dealkylation sites (N-methyl/N-ethyl adjacent to an activating group) is 1. The van der Waals surface area contributed by atoms with Gasteiger partial charge < -0.3 is 24.9 Å². The first kappa shape index (κ1) is 22.1. The van der Waals surface area contributed by atoms with Crippen LogP contribution < -0.4 is 9.57 Å². The highest BCUT2D eigenvalue weighted by atomic mass is 16.7. The molecular weight excluding hydrogens is 360 g/mol. The van der Waals surface area contributed by atoms with Crippen LogP contribution in [0.3, 0.4) is 0 Å². The largest absolute Gasteiger partial charge is 0.489 e. The van der Waals surface area contributed by atoms with Crippen molar-refractivity contribution >= 4 is 0 Å². The molecular formula is C21H30N2O5. The Morgan fingerprint density at radius 3 is 2.32 bits per heavy atom. The number of ether oxygens (including phenoxy) is 1. The molecule has 0 aliphatic rings. The Morgan fingerprint density at radius 2 is 1.75 bits per heavy atom. The molecule has 0 spiro atoms. The van der Waals surface area contributed by atoms with Gasteiger partial charge in [-0.2, -0.15) is 0 Å². The van der Waals surface area contributed by atoms with Crippen LogP contribution in [0.5, 0.6) is 11.5 Å². The van der Waals surface area contributed by atoms with Gasteiger partial charge >= 0.3 is 0 Å². The van der Waals surface area contributed by atoms with Gasteiger partial charge in [0.2, 0.25) is 0 Å². The normalized spacial score (nSPS) is 12.3. The molecule has 2 rings (SSSR count). The number of rotatable bonds is 10. The SMILES string of the molecule is CCN(CC(O)COc1c(C)ncc(CO)c1CO)Oc1c(C)cccc1C. The summed E-state index contributed by atoms with van der Waals surface area (Å²) in [5, 5.41) is 31.1. The number of aliphatic hydroxyl groups is 3. The number of hydrogen-bond acceptors (Lipinski definition) is 7. The maximum atomic E-state index is 10.4. The number of hydroxylamine groups is 2. The molecule has 154 valence electrons. The lowest BCUT2D eigenvalue weighted by atomic mass is 10.1. The number of aryl methyl sites for hydroxylation is 3. The zero-order valence-electron chi connectivity index (χ0n) is 17.0. The first-order chi connectivity index (χ1) is 13.4. The van der Waals surface area contributed by atoms with Gasteiger partial charge in [0.1, 0.15) is 18.5 Å². The lowest BCUT2D eigenvalue weighted by Gasteiger charge is -2.25. The second kappa shape index (κ2) is 10.4. The second-order valence-corrected chi connectivity index (χ2v) is 6.75. The summed E-state index contributed by atoms with van der Waals surface area (Å²) < 4.78 is 5.74. The standard InChI is InChI=1S/C21H30N2O5/c1-5-23(28-20-14(2)7-6-8-15(20)3)10-18(26)13-27-21-16(4)22-9-17(11-24)19(21)12-25/h6-9,18,24-26H,5,10-13H2,1-4H3. The van der Waals surface area contributed by atoms with Gasteiger partial charge in [-0.15, -0.1) is 5.06 Å². The van der Waals surface area contributed by atoms with E-state index in [1.165, 1.54) is 6.20 Å². The van der Waals surface area contributed by atoms with Crippen LogP contribution in [0.4, 0.5) is 0 Å². The predicted molar refractivity (Wildman–Crippen MR) is 106 cm³/mol. The Bertz CT molecular complexity index is 761. The predicted octanol–water partition coefficient (Wildman–Crippen LogP) is 2.05. The summed E-state index contributed by atoms with van der Waals surface area (Å²) in [5.41, 5.74) is 3.64. The van der Waals surface area contributed by atoms with Gasteiger partial charge in [-0.1, -0.05) is 18.2 Å². The summed E-state index contributed by atoms with van der Waals surface area (Å²) in [6, 6.07) is 5.94. The Hall–Kier alpha value is -2.19. The molecule has 0 amide bonds. The topological polar surface area (TPSA) is 95.3 Å². The summed E-state index contributed by atoms with van der Waals surface area (Å²) in [7, 11) is 0. The van der Waals surface area contributed by atoms with E-state index < -0.39 is 6.10 Å². The first-order valence-electron chi connectivity index (χ1n) is 9.40. The molecule has 0 radical (unpaired) electrons.